The minimum absolute atomic E-state index is 0.154. The number of hydrogen-bond donors (Lipinski definition) is 0. The molecule has 0 bridgehead atoms. The van der Waals surface area contributed by atoms with Crippen LogP contribution in [0, 0.1) is 19.7 Å². The zero-order chi connectivity index (χ0) is 9.59. The molecule has 1 aromatic heterocycles. The fourth-order valence-electron chi connectivity index (χ4n) is 1.42. The van der Waals surface area contributed by atoms with E-state index in [1.54, 1.807) is 23.5 Å². The summed E-state index contributed by atoms with van der Waals surface area (Å²) in [6, 6.07) is 3.17. The van der Waals surface area contributed by atoms with Crippen LogP contribution in [0.5, 0.6) is 0 Å². The van der Waals surface area contributed by atoms with Gasteiger partial charge in [-0.05, 0) is 58.4 Å². The van der Waals surface area contributed by atoms with Crippen molar-refractivity contribution in [2.24, 2.45) is 0 Å². The Bertz CT molecular complexity index is 473. The SMILES string of the molecule is Cc1c(Br)sc2c(C)cc(F)cc12. The molecule has 2 aromatic rings. The Morgan fingerprint density at radius 1 is 1.31 bits per heavy atom. The molecule has 0 aliphatic heterocycles. The number of rotatable bonds is 0. The van der Waals surface area contributed by atoms with Gasteiger partial charge in [-0.2, -0.15) is 0 Å². The molecule has 68 valence electrons. The van der Waals surface area contributed by atoms with Crippen molar-refractivity contribution >= 4 is 37.4 Å². The van der Waals surface area contributed by atoms with Gasteiger partial charge < -0.3 is 0 Å². The number of thiophene rings is 1. The molecule has 0 atom stereocenters. The molecule has 0 spiro atoms. The fourth-order valence-corrected chi connectivity index (χ4v) is 3.10. The summed E-state index contributed by atoms with van der Waals surface area (Å²) >= 11 is 5.13. The van der Waals surface area contributed by atoms with E-state index in [9.17, 15) is 4.39 Å². The second kappa shape index (κ2) is 3.07. The van der Waals surface area contributed by atoms with Crippen LogP contribution >= 0.6 is 27.3 Å². The summed E-state index contributed by atoms with van der Waals surface area (Å²) in [5.74, 6) is -0.154. The van der Waals surface area contributed by atoms with E-state index in [1.807, 2.05) is 13.8 Å². The van der Waals surface area contributed by atoms with E-state index >= 15 is 0 Å². The van der Waals surface area contributed by atoms with Crippen LogP contribution < -0.4 is 0 Å². The third-order valence-corrected chi connectivity index (χ3v) is 4.44. The van der Waals surface area contributed by atoms with Crippen molar-refractivity contribution in [1.82, 2.24) is 0 Å². The average molecular weight is 259 g/mol. The Kier molecular flexibility index (Phi) is 2.16. The molecule has 2 rings (SSSR count). The van der Waals surface area contributed by atoms with Crippen molar-refractivity contribution in [3.05, 3.63) is 32.9 Å². The highest BCUT2D eigenvalue weighted by Gasteiger charge is 2.09. The third kappa shape index (κ3) is 1.40. The van der Waals surface area contributed by atoms with Crippen molar-refractivity contribution < 1.29 is 4.39 Å². The first-order chi connectivity index (χ1) is 6.09. The Balaban J connectivity index is 2.94. The van der Waals surface area contributed by atoms with Gasteiger partial charge in [0.05, 0.1) is 3.79 Å². The molecule has 3 heteroatoms. The van der Waals surface area contributed by atoms with E-state index in [-0.39, 0.29) is 5.82 Å². The molecule has 0 unspecified atom stereocenters. The van der Waals surface area contributed by atoms with Crippen LogP contribution in [0.15, 0.2) is 15.9 Å². The highest BCUT2D eigenvalue weighted by molar-refractivity contribution is 9.11. The maximum absolute atomic E-state index is 13.1. The second-order valence-corrected chi connectivity index (χ2v) is 5.44. The third-order valence-electron chi connectivity index (χ3n) is 2.13. The fraction of sp³-hybridized carbons (Fsp3) is 0.200. The first-order valence-electron chi connectivity index (χ1n) is 3.94. The van der Waals surface area contributed by atoms with Crippen LogP contribution in [-0.2, 0) is 0 Å². The summed E-state index contributed by atoms with van der Waals surface area (Å²) in [7, 11) is 0. The van der Waals surface area contributed by atoms with Gasteiger partial charge in [-0.3, -0.25) is 0 Å². The lowest BCUT2D eigenvalue weighted by Crippen LogP contribution is -1.78. The average Bonchev–Trinajstić information content (AvgIpc) is 2.32. The van der Waals surface area contributed by atoms with Crippen LogP contribution in [0.25, 0.3) is 10.1 Å². The molecule has 1 heterocycles. The predicted molar refractivity (Wildman–Crippen MR) is 59.0 cm³/mol. The molecule has 0 radical (unpaired) electrons. The number of halogens is 2. The van der Waals surface area contributed by atoms with Gasteiger partial charge in [-0.1, -0.05) is 0 Å². The zero-order valence-electron chi connectivity index (χ0n) is 7.32. The Hall–Kier alpha value is -0.410. The molecule has 0 amide bonds. The molecule has 0 aliphatic rings. The molecular formula is C10H8BrFS. The second-order valence-electron chi connectivity index (χ2n) is 3.10. The quantitative estimate of drug-likeness (QED) is 0.657. The summed E-state index contributed by atoms with van der Waals surface area (Å²) in [4.78, 5) is 0. The molecule has 0 nitrogen and oxygen atoms in total. The lowest BCUT2D eigenvalue weighted by Gasteiger charge is -1.96. The maximum atomic E-state index is 13.1. The van der Waals surface area contributed by atoms with Crippen LogP contribution in [0.3, 0.4) is 0 Å². The number of benzene rings is 1. The Labute approximate surface area is 88.5 Å². The van der Waals surface area contributed by atoms with Gasteiger partial charge >= 0.3 is 0 Å². The van der Waals surface area contributed by atoms with Gasteiger partial charge in [0.2, 0.25) is 0 Å². The normalized spacial score (nSPS) is 11.1. The predicted octanol–water partition coefficient (Wildman–Crippen LogP) is 4.42. The lowest BCUT2D eigenvalue weighted by atomic mass is 10.1. The minimum atomic E-state index is -0.154. The van der Waals surface area contributed by atoms with Crippen LogP contribution in [0.2, 0.25) is 0 Å². The van der Waals surface area contributed by atoms with Crippen molar-refractivity contribution in [1.29, 1.82) is 0 Å². The summed E-state index contributed by atoms with van der Waals surface area (Å²) in [6.07, 6.45) is 0. The standard InChI is InChI=1S/C10H8BrFS/c1-5-3-7(12)4-8-6(2)10(11)13-9(5)8/h3-4H,1-2H3. The first-order valence-corrected chi connectivity index (χ1v) is 5.55. The van der Waals surface area contributed by atoms with Gasteiger partial charge in [0.15, 0.2) is 0 Å². The van der Waals surface area contributed by atoms with E-state index in [0.29, 0.717) is 0 Å². The topological polar surface area (TPSA) is 0 Å². The van der Waals surface area contributed by atoms with Gasteiger partial charge in [0.25, 0.3) is 0 Å². The molecule has 0 N–H and O–H groups in total. The van der Waals surface area contributed by atoms with Crippen molar-refractivity contribution in [3.8, 4) is 0 Å². The van der Waals surface area contributed by atoms with E-state index in [1.165, 1.54) is 4.70 Å². The van der Waals surface area contributed by atoms with Crippen molar-refractivity contribution in [2.75, 3.05) is 0 Å². The first kappa shape index (κ1) is 9.16. The monoisotopic (exact) mass is 258 g/mol. The highest BCUT2D eigenvalue weighted by atomic mass is 79.9. The van der Waals surface area contributed by atoms with Crippen LogP contribution in [0.4, 0.5) is 4.39 Å². The summed E-state index contributed by atoms with van der Waals surface area (Å²) in [6.45, 7) is 3.94. The molecule has 0 saturated heterocycles. The largest absolute Gasteiger partial charge is 0.207 e. The van der Waals surface area contributed by atoms with Crippen molar-refractivity contribution in [3.63, 3.8) is 0 Å². The Morgan fingerprint density at radius 2 is 2.00 bits per heavy atom. The highest BCUT2D eigenvalue weighted by Crippen LogP contribution is 2.36. The Morgan fingerprint density at radius 3 is 2.69 bits per heavy atom. The molecular weight excluding hydrogens is 251 g/mol. The lowest BCUT2D eigenvalue weighted by molar-refractivity contribution is 0.629. The summed E-state index contributed by atoms with van der Waals surface area (Å²) in [5, 5.41) is 1.02. The zero-order valence-corrected chi connectivity index (χ0v) is 9.72. The van der Waals surface area contributed by atoms with Crippen LogP contribution in [-0.4, -0.2) is 0 Å². The van der Waals surface area contributed by atoms with E-state index < -0.39 is 0 Å². The van der Waals surface area contributed by atoms with Gasteiger partial charge in [0.1, 0.15) is 5.82 Å². The van der Waals surface area contributed by atoms with E-state index in [4.69, 9.17) is 0 Å². The van der Waals surface area contributed by atoms with Gasteiger partial charge in [-0.25, -0.2) is 4.39 Å². The van der Waals surface area contributed by atoms with Gasteiger partial charge in [-0.15, -0.1) is 11.3 Å². The summed E-state index contributed by atoms with van der Waals surface area (Å²) in [5.41, 5.74) is 2.14. The number of aryl methyl sites for hydroxylation is 2. The smallest absolute Gasteiger partial charge is 0.124 e. The molecule has 1 aromatic carbocycles. The maximum Gasteiger partial charge on any atom is 0.124 e. The van der Waals surface area contributed by atoms with Crippen LogP contribution in [0.1, 0.15) is 11.1 Å². The van der Waals surface area contributed by atoms with E-state index in [2.05, 4.69) is 15.9 Å². The minimum Gasteiger partial charge on any atom is -0.207 e. The number of hydrogen-bond acceptors (Lipinski definition) is 1. The van der Waals surface area contributed by atoms with E-state index in [0.717, 1.165) is 20.3 Å². The molecule has 0 aliphatic carbocycles. The number of fused-ring (bicyclic) bond motifs is 1. The van der Waals surface area contributed by atoms with Crippen molar-refractivity contribution in [2.45, 2.75) is 13.8 Å². The molecule has 13 heavy (non-hydrogen) atoms. The molecule has 0 saturated carbocycles. The molecule has 0 fully saturated rings. The van der Waals surface area contributed by atoms with Gasteiger partial charge in [0, 0.05) is 4.70 Å². The summed E-state index contributed by atoms with van der Waals surface area (Å²) < 4.78 is 15.3.